The van der Waals surface area contributed by atoms with Crippen molar-refractivity contribution in [2.45, 2.75) is 40.2 Å². The van der Waals surface area contributed by atoms with Crippen LogP contribution in [0.3, 0.4) is 0 Å². The summed E-state index contributed by atoms with van der Waals surface area (Å²) in [5.74, 6) is 2.49. The first-order valence-electron chi connectivity index (χ1n) is 6.43. The van der Waals surface area contributed by atoms with Crippen molar-refractivity contribution in [1.29, 1.82) is 0 Å². The van der Waals surface area contributed by atoms with Crippen LogP contribution in [0.4, 0.5) is 0 Å². The van der Waals surface area contributed by atoms with Crippen molar-refractivity contribution >= 4 is 0 Å². The lowest BCUT2D eigenvalue weighted by Crippen LogP contribution is -2.48. The maximum absolute atomic E-state index is 3.27. The Balaban J connectivity index is 2.44. The predicted molar refractivity (Wildman–Crippen MR) is 67.1 cm³/mol. The van der Waals surface area contributed by atoms with Crippen LogP contribution in [0.25, 0.3) is 0 Å². The average molecular weight is 212 g/mol. The van der Waals surface area contributed by atoms with Crippen molar-refractivity contribution in [2.24, 2.45) is 17.8 Å². The van der Waals surface area contributed by atoms with Crippen LogP contribution in [0.2, 0.25) is 0 Å². The molecule has 0 spiro atoms. The van der Waals surface area contributed by atoms with Gasteiger partial charge in [0.2, 0.25) is 0 Å². The van der Waals surface area contributed by atoms with E-state index in [-0.39, 0.29) is 0 Å². The molecular formula is C13H28N2. The number of rotatable bonds is 4. The number of hydrogen-bond donors (Lipinski definition) is 1. The highest BCUT2D eigenvalue weighted by Crippen LogP contribution is 2.27. The van der Waals surface area contributed by atoms with Gasteiger partial charge in [0, 0.05) is 19.1 Å². The molecule has 90 valence electrons. The van der Waals surface area contributed by atoms with Crippen molar-refractivity contribution in [3.63, 3.8) is 0 Å². The van der Waals surface area contributed by atoms with E-state index in [0.717, 1.165) is 30.3 Å². The van der Waals surface area contributed by atoms with Crippen molar-refractivity contribution < 1.29 is 0 Å². The molecule has 1 fully saturated rings. The maximum Gasteiger partial charge on any atom is 0.00929 e. The van der Waals surface area contributed by atoms with Crippen LogP contribution in [0.15, 0.2) is 0 Å². The summed E-state index contributed by atoms with van der Waals surface area (Å²) < 4.78 is 0. The SMILES string of the molecule is CNCC(C)CN1CC(C)CC(C)C1C. The average Bonchev–Trinajstić information content (AvgIpc) is 2.13. The van der Waals surface area contributed by atoms with Crippen LogP contribution in [0.5, 0.6) is 0 Å². The van der Waals surface area contributed by atoms with Crippen molar-refractivity contribution in [3.8, 4) is 0 Å². The molecule has 4 atom stereocenters. The van der Waals surface area contributed by atoms with E-state index < -0.39 is 0 Å². The van der Waals surface area contributed by atoms with E-state index in [2.05, 4.69) is 37.9 Å². The first kappa shape index (κ1) is 13.0. The second kappa shape index (κ2) is 5.86. The molecule has 0 aliphatic carbocycles. The normalized spacial score (nSPS) is 35.4. The Morgan fingerprint density at radius 3 is 2.60 bits per heavy atom. The zero-order valence-corrected chi connectivity index (χ0v) is 11.1. The number of hydrogen-bond acceptors (Lipinski definition) is 2. The fourth-order valence-electron chi connectivity index (χ4n) is 2.89. The molecule has 0 amide bonds. The zero-order chi connectivity index (χ0) is 11.4. The largest absolute Gasteiger partial charge is 0.319 e. The lowest BCUT2D eigenvalue weighted by Gasteiger charge is -2.42. The molecule has 1 aliphatic heterocycles. The molecule has 15 heavy (non-hydrogen) atoms. The molecule has 1 heterocycles. The Labute approximate surface area is 95.4 Å². The van der Waals surface area contributed by atoms with Crippen LogP contribution >= 0.6 is 0 Å². The Kier molecular flexibility index (Phi) is 5.07. The van der Waals surface area contributed by atoms with Gasteiger partial charge in [-0.05, 0) is 44.7 Å². The minimum absolute atomic E-state index is 0.759. The molecule has 0 bridgehead atoms. The summed E-state index contributed by atoms with van der Waals surface area (Å²) in [6.45, 7) is 13.2. The fourth-order valence-corrected chi connectivity index (χ4v) is 2.89. The quantitative estimate of drug-likeness (QED) is 0.768. The minimum Gasteiger partial charge on any atom is -0.319 e. The topological polar surface area (TPSA) is 15.3 Å². The molecule has 1 saturated heterocycles. The number of nitrogens with one attached hydrogen (secondary N) is 1. The van der Waals surface area contributed by atoms with E-state index in [0.29, 0.717) is 0 Å². The summed E-state index contributed by atoms with van der Waals surface area (Å²) in [5.41, 5.74) is 0. The molecule has 0 radical (unpaired) electrons. The Morgan fingerprint density at radius 1 is 1.33 bits per heavy atom. The van der Waals surface area contributed by atoms with Gasteiger partial charge < -0.3 is 5.32 Å². The highest BCUT2D eigenvalue weighted by Gasteiger charge is 2.29. The smallest absolute Gasteiger partial charge is 0.00929 e. The third-order valence-corrected chi connectivity index (χ3v) is 3.82. The van der Waals surface area contributed by atoms with Crippen molar-refractivity contribution in [1.82, 2.24) is 10.2 Å². The molecule has 0 aromatic carbocycles. The molecule has 1 rings (SSSR count). The summed E-state index contributed by atoms with van der Waals surface area (Å²) in [5, 5.41) is 3.27. The Morgan fingerprint density at radius 2 is 2.00 bits per heavy atom. The van der Waals surface area contributed by atoms with Gasteiger partial charge in [0.25, 0.3) is 0 Å². The van der Waals surface area contributed by atoms with Crippen LogP contribution < -0.4 is 5.32 Å². The van der Waals surface area contributed by atoms with Crippen molar-refractivity contribution in [3.05, 3.63) is 0 Å². The van der Waals surface area contributed by atoms with Crippen LogP contribution in [-0.4, -0.2) is 37.6 Å². The monoisotopic (exact) mass is 212 g/mol. The summed E-state index contributed by atoms with van der Waals surface area (Å²) in [6, 6.07) is 0.764. The number of likely N-dealkylation sites (tertiary alicyclic amines) is 1. The van der Waals surface area contributed by atoms with Crippen LogP contribution in [0.1, 0.15) is 34.1 Å². The van der Waals surface area contributed by atoms with Gasteiger partial charge in [-0.25, -0.2) is 0 Å². The van der Waals surface area contributed by atoms with E-state index in [1.54, 1.807) is 0 Å². The summed E-state index contributed by atoms with van der Waals surface area (Å²) in [6.07, 6.45) is 1.40. The minimum atomic E-state index is 0.759. The fraction of sp³-hybridized carbons (Fsp3) is 1.00. The second-order valence-electron chi connectivity index (χ2n) is 5.68. The molecule has 0 aromatic heterocycles. The summed E-state index contributed by atoms with van der Waals surface area (Å²) >= 11 is 0. The van der Waals surface area contributed by atoms with E-state index >= 15 is 0 Å². The van der Waals surface area contributed by atoms with Crippen LogP contribution in [0, 0.1) is 17.8 Å². The summed E-state index contributed by atoms with van der Waals surface area (Å²) in [4.78, 5) is 2.68. The Hall–Kier alpha value is -0.0800. The third kappa shape index (κ3) is 3.76. The second-order valence-corrected chi connectivity index (χ2v) is 5.68. The van der Waals surface area contributed by atoms with Crippen LogP contribution in [-0.2, 0) is 0 Å². The van der Waals surface area contributed by atoms with Gasteiger partial charge >= 0.3 is 0 Å². The first-order valence-corrected chi connectivity index (χ1v) is 6.43. The van der Waals surface area contributed by atoms with Crippen molar-refractivity contribution in [2.75, 3.05) is 26.7 Å². The number of nitrogens with zero attached hydrogens (tertiary/aromatic N) is 1. The summed E-state index contributed by atoms with van der Waals surface area (Å²) in [7, 11) is 2.04. The molecule has 2 heteroatoms. The molecule has 1 N–H and O–H groups in total. The maximum atomic E-state index is 3.27. The predicted octanol–water partition coefficient (Wildman–Crippen LogP) is 2.21. The van der Waals surface area contributed by atoms with Gasteiger partial charge in [0.15, 0.2) is 0 Å². The molecule has 4 unspecified atom stereocenters. The van der Waals surface area contributed by atoms with Gasteiger partial charge in [0.05, 0.1) is 0 Å². The lowest BCUT2D eigenvalue weighted by atomic mass is 9.85. The molecule has 0 saturated carbocycles. The molecule has 1 aliphatic rings. The highest BCUT2D eigenvalue weighted by molar-refractivity contribution is 4.82. The van der Waals surface area contributed by atoms with E-state index in [4.69, 9.17) is 0 Å². The van der Waals surface area contributed by atoms with E-state index in [9.17, 15) is 0 Å². The highest BCUT2D eigenvalue weighted by atomic mass is 15.2. The lowest BCUT2D eigenvalue weighted by molar-refractivity contribution is 0.0672. The van der Waals surface area contributed by atoms with Gasteiger partial charge in [0.1, 0.15) is 0 Å². The van der Waals surface area contributed by atoms with E-state index in [1.165, 1.54) is 19.5 Å². The zero-order valence-electron chi connectivity index (χ0n) is 11.1. The van der Waals surface area contributed by atoms with Gasteiger partial charge in [-0.15, -0.1) is 0 Å². The number of piperidine rings is 1. The third-order valence-electron chi connectivity index (χ3n) is 3.82. The molecular weight excluding hydrogens is 184 g/mol. The van der Waals surface area contributed by atoms with Gasteiger partial charge in [-0.2, -0.15) is 0 Å². The Bertz CT molecular complexity index is 181. The van der Waals surface area contributed by atoms with Gasteiger partial charge in [-0.1, -0.05) is 20.8 Å². The van der Waals surface area contributed by atoms with Gasteiger partial charge in [-0.3, -0.25) is 4.90 Å². The first-order chi connectivity index (χ1) is 7.04. The molecule has 2 nitrogen and oxygen atoms in total. The molecule has 0 aromatic rings. The van der Waals surface area contributed by atoms with E-state index in [1.807, 2.05) is 7.05 Å². The standard InChI is InChI=1S/C13H28N2/c1-10-6-12(3)13(4)15(8-10)9-11(2)7-14-5/h10-14H,6-9H2,1-5H3.